The molecule has 1 saturated heterocycles. The monoisotopic (exact) mass is 550 g/mol. The van der Waals surface area contributed by atoms with Gasteiger partial charge in [0.05, 0.1) is 12.7 Å². The van der Waals surface area contributed by atoms with Gasteiger partial charge in [-0.3, -0.25) is 9.59 Å². The van der Waals surface area contributed by atoms with E-state index in [1.54, 1.807) is 13.1 Å². The molecule has 2 amide bonds. The van der Waals surface area contributed by atoms with E-state index in [-0.39, 0.29) is 55.5 Å². The topological polar surface area (TPSA) is 129 Å². The Hall–Kier alpha value is -2.94. The van der Waals surface area contributed by atoms with Gasteiger partial charge in [-0.05, 0) is 44.9 Å². The van der Waals surface area contributed by atoms with E-state index in [4.69, 9.17) is 0 Å². The number of hydrogen-bond donors (Lipinski definition) is 3. The molecular weight excluding hydrogens is 519 g/mol. The third kappa shape index (κ3) is 9.42. The van der Waals surface area contributed by atoms with Crippen LogP contribution in [-0.4, -0.2) is 88.7 Å². The van der Waals surface area contributed by atoms with Crippen LogP contribution in [0.5, 0.6) is 0 Å². The van der Waals surface area contributed by atoms with Crippen molar-refractivity contribution in [2.75, 3.05) is 25.0 Å². The molecule has 3 N–H and O–H groups in total. The van der Waals surface area contributed by atoms with Gasteiger partial charge in [-0.1, -0.05) is 0 Å². The third-order valence-electron chi connectivity index (χ3n) is 6.24. The van der Waals surface area contributed by atoms with Crippen LogP contribution in [0.1, 0.15) is 55.8 Å². The number of nitrogens with zero attached hydrogens (tertiary/aromatic N) is 4. The van der Waals surface area contributed by atoms with Gasteiger partial charge in [0.1, 0.15) is 12.0 Å². The van der Waals surface area contributed by atoms with Gasteiger partial charge in [0.2, 0.25) is 11.9 Å². The Morgan fingerprint density at radius 2 is 1.97 bits per heavy atom. The summed E-state index contributed by atoms with van der Waals surface area (Å²) in [5.41, 5.74) is -0.000745. The number of rotatable bonds is 10. The minimum absolute atomic E-state index is 0.000745. The van der Waals surface area contributed by atoms with Gasteiger partial charge >= 0.3 is 12.8 Å². The van der Waals surface area contributed by atoms with Crippen LogP contribution in [-0.2, 0) is 9.53 Å². The molecule has 2 atom stereocenters. The van der Waals surface area contributed by atoms with Crippen molar-refractivity contribution in [2.24, 2.45) is 10.9 Å². The Labute approximate surface area is 216 Å². The highest BCUT2D eigenvalue weighted by molar-refractivity contribution is 5.98. The first-order valence-corrected chi connectivity index (χ1v) is 12.3. The predicted octanol–water partition coefficient (Wildman–Crippen LogP) is 3.05. The summed E-state index contributed by atoms with van der Waals surface area (Å²) in [6.45, 7) is -1.66. The third-order valence-corrected chi connectivity index (χ3v) is 6.24. The maximum Gasteiger partial charge on any atom is 0.397 e. The van der Waals surface area contributed by atoms with E-state index in [2.05, 4.69) is 30.3 Å². The second-order valence-corrected chi connectivity index (χ2v) is 9.51. The number of alkyl halides is 5. The van der Waals surface area contributed by atoms with Crippen molar-refractivity contribution in [2.45, 2.75) is 76.4 Å². The highest BCUT2D eigenvalue weighted by atomic mass is 19.4. The molecule has 0 radical (unpaired) electrons. The lowest BCUT2D eigenvalue weighted by Crippen LogP contribution is -2.39. The zero-order chi connectivity index (χ0) is 27.9. The molecule has 2 heterocycles. The van der Waals surface area contributed by atoms with Gasteiger partial charge in [-0.2, -0.15) is 26.9 Å². The maximum atomic E-state index is 13.0. The average Bonchev–Trinajstić information content (AvgIpc) is 3.30. The molecule has 0 unspecified atom stereocenters. The van der Waals surface area contributed by atoms with Gasteiger partial charge < -0.3 is 25.4 Å². The van der Waals surface area contributed by atoms with Crippen LogP contribution in [0.25, 0.3) is 0 Å². The fourth-order valence-corrected chi connectivity index (χ4v) is 4.26. The number of aliphatic hydroxyl groups is 1. The molecule has 15 heteroatoms. The molecule has 0 aromatic carbocycles. The van der Waals surface area contributed by atoms with Crippen LogP contribution in [0.3, 0.4) is 0 Å². The number of aliphatic hydroxyl groups excluding tert-OH is 1. The van der Waals surface area contributed by atoms with Gasteiger partial charge in [0, 0.05) is 37.6 Å². The summed E-state index contributed by atoms with van der Waals surface area (Å²) in [7, 11) is 0. The van der Waals surface area contributed by atoms with Crippen LogP contribution in [0, 0.1) is 5.92 Å². The van der Waals surface area contributed by atoms with Crippen LogP contribution in [0.2, 0.25) is 0 Å². The number of hydrogen-bond acceptors (Lipinski definition) is 8. The standard InChI is InChI=1S/C23H31F5N6O4/c1-13(12-38-21(24)25)31-22-30-10-17(19(33-22)29-9-14-2-4-16(35)5-3-14)20(37)32-15-6-7-34(11-15)18(36)8-23(26,27)28/h9-10,13-16,21,35H,2-8,11-12H2,1H3,(H,32,37)(H,30,31,33)/b29-9+/t13-,14?,15-,16?/m0/s1. The van der Waals surface area contributed by atoms with Gasteiger partial charge in [-0.25, -0.2) is 9.98 Å². The van der Waals surface area contributed by atoms with Crippen molar-refractivity contribution in [3.63, 3.8) is 0 Å². The first kappa shape index (κ1) is 29.6. The number of ether oxygens (including phenoxy) is 1. The smallest absolute Gasteiger partial charge is 0.393 e. The number of likely N-dealkylation sites (tertiary alicyclic amines) is 1. The Morgan fingerprint density at radius 3 is 2.63 bits per heavy atom. The van der Waals surface area contributed by atoms with E-state index in [1.165, 1.54) is 6.20 Å². The second-order valence-electron chi connectivity index (χ2n) is 9.51. The summed E-state index contributed by atoms with van der Waals surface area (Å²) in [5, 5.41) is 15.2. The summed E-state index contributed by atoms with van der Waals surface area (Å²) in [4.78, 5) is 38.6. The van der Waals surface area contributed by atoms with Crippen LogP contribution >= 0.6 is 0 Å². The summed E-state index contributed by atoms with van der Waals surface area (Å²) < 4.78 is 66.5. The van der Waals surface area contributed by atoms with E-state index in [1.807, 2.05) is 0 Å². The number of halogens is 5. The Bertz CT molecular complexity index is 988. The number of aromatic nitrogens is 2. The largest absolute Gasteiger partial charge is 0.397 e. The molecule has 2 fully saturated rings. The molecule has 0 bridgehead atoms. The summed E-state index contributed by atoms with van der Waals surface area (Å²) in [5.74, 6) is -1.58. The number of carbonyl (C=O) groups is 2. The summed E-state index contributed by atoms with van der Waals surface area (Å²) >= 11 is 0. The molecule has 3 rings (SSSR count). The van der Waals surface area contributed by atoms with Crippen molar-refractivity contribution >= 4 is 29.8 Å². The van der Waals surface area contributed by atoms with E-state index >= 15 is 0 Å². The first-order chi connectivity index (χ1) is 17.9. The minimum atomic E-state index is -4.61. The highest BCUT2D eigenvalue weighted by Crippen LogP contribution is 2.26. The minimum Gasteiger partial charge on any atom is -0.393 e. The molecule has 1 saturated carbocycles. The van der Waals surface area contributed by atoms with Gasteiger partial charge in [0.15, 0.2) is 5.82 Å². The molecule has 1 aromatic rings. The Morgan fingerprint density at radius 1 is 1.26 bits per heavy atom. The van der Waals surface area contributed by atoms with Crippen molar-refractivity contribution in [3.05, 3.63) is 11.8 Å². The molecule has 212 valence electrons. The molecule has 38 heavy (non-hydrogen) atoms. The summed E-state index contributed by atoms with van der Waals surface area (Å²) in [6.07, 6.45) is -0.757. The van der Waals surface area contributed by atoms with Crippen LogP contribution < -0.4 is 10.6 Å². The van der Waals surface area contributed by atoms with E-state index < -0.39 is 43.1 Å². The van der Waals surface area contributed by atoms with Crippen LogP contribution in [0.15, 0.2) is 11.2 Å². The molecule has 1 aromatic heterocycles. The lowest BCUT2D eigenvalue weighted by Gasteiger charge is -2.22. The molecule has 1 aliphatic heterocycles. The number of amides is 2. The Kier molecular flexibility index (Phi) is 10.3. The first-order valence-electron chi connectivity index (χ1n) is 12.3. The van der Waals surface area contributed by atoms with E-state index in [9.17, 15) is 36.6 Å². The average molecular weight is 551 g/mol. The number of nitrogens with one attached hydrogen (secondary N) is 2. The number of carbonyl (C=O) groups excluding carboxylic acids is 2. The SMILES string of the molecule is C[C@@H](COC(F)F)Nc1ncc(C(=O)N[C@H]2CCN(C(=O)CC(F)(F)F)C2)c(/N=C/C2CCC(O)CC2)n1. The van der Waals surface area contributed by atoms with Gasteiger partial charge in [0.25, 0.3) is 5.91 Å². The fraction of sp³-hybridized carbons (Fsp3) is 0.696. The van der Waals surface area contributed by atoms with E-state index in [0.29, 0.717) is 25.7 Å². The second kappa shape index (κ2) is 13.2. The molecule has 10 nitrogen and oxygen atoms in total. The van der Waals surface area contributed by atoms with E-state index in [0.717, 1.165) is 4.90 Å². The number of anilines is 1. The van der Waals surface area contributed by atoms with Gasteiger partial charge in [-0.15, -0.1) is 0 Å². The molecule has 1 aliphatic carbocycles. The molecule has 0 spiro atoms. The molecule has 2 aliphatic rings. The maximum absolute atomic E-state index is 13.0. The fourth-order valence-electron chi connectivity index (χ4n) is 4.26. The lowest BCUT2D eigenvalue weighted by molar-refractivity contribution is -0.160. The van der Waals surface area contributed by atoms with Crippen molar-refractivity contribution in [1.29, 1.82) is 0 Å². The Balaban J connectivity index is 1.70. The van der Waals surface area contributed by atoms with Crippen molar-refractivity contribution < 1.29 is 41.4 Å². The molecular formula is C23H31F5N6O4. The summed E-state index contributed by atoms with van der Waals surface area (Å²) in [6, 6.07) is -1.15. The van der Waals surface area contributed by atoms with Crippen LogP contribution in [0.4, 0.5) is 33.7 Å². The quantitative estimate of drug-likeness (QED) is 0.302. The zero-order valence-corrected chi connectivity index (χ0v) is 20.8. The predicted molar refractivity (Wildman–Crippen MR) is 126 cm³/mol. The number of aliphatic imine (C=N–C) groups is 1. The highest BCUT2D eigenvalue weighted by Gasteiger charge is 2.36. The zero-order valence-electron chi connectivity index (χ0n) is 20.8. The van der Waals surface area contributed by atoms with Crippen molar-refractivity contribution in [3.8, 4) is 0 Å². The lowest BCUT2D eigenvalue weighted by atomic mass is 9.88. The normalized spacial score (nSPS) is 23.2. The van der Waals surface area contributed by atoms with Crippen molar-refractivity contribution in [1.82, 2.24) is 20.2 Å².